The monoisotopic (exact) mass is 347 g/mol. The Labute approximate surface area is 145 Å². The van der Waals surface area contributed by atoms with Gasteiger partial charge in [0.2, 0.25) is 0 Å². The molecule has 1 aliphatic heterocycles. The zero-order valence-corrected chi connectivity index (χ0v) is 14.3. The quantitative estimate of drug-likeness (QED) is 0.276. The Kier molecular flexibility index (Phi) is 6.32. The Morgan fingerprint density at radius 2 is 2.14 bits per heavy atom. The number of nitrogens with zero attached hydrogens (tertiary/aromatic N) is 1. The molecule has 5 N–H and O–H groups in total. The minimum atomic E-state index is -4.46. The van der Waals surface area contributed by atoms with Crippen molar-refractivity contribution >= 4 is 37.2 Å². The maximum absolute atomic E-state index is 11.6. The molecule has 1 aromatic heterocycles. The van der Waals surface area contributed by atoms with Crippen LogP contribution in [-0.4, -0.2) is 84.3 Å². The molecule has 1 unspecified atom stereocenters. The molecule has 0 aliphatic carbocycles. The minimum absolute atomic E-state index is 0. The number of aliphatic hydroxyl groups is 2. The number of hydrogen-bond acceptors (Lipinski definition) is 7. The van der Waals surface area contributed by atoms with Crippen molar-refractivity contribution in [3.63, 3.8) is 0 Å². The molecule has 0 spiro atoms. The molecule has 0 amide bonds. The van der Waals surface area contributed by atoms with Gasteiger partial charge in [0, 0.05) is 41.8 Å². The molecule has 22 heavy (non-hydrogen) atoms. The van der Waals surface area contributed by atoms with E-state index >= 15 is 0 Å². The first-order valence-corrected chi connectivity index (χ1v) is 7.46. The molecule has 3 atom stereocenters. The molecule has 1 saturated heterocycles. The van der Waals surface area contributed by atoms with Gasteiger partial charge in [-0.1, -0.05) is 0 Å². The van der Waals surface area contributed by atoms with Crippen LogP contribution >= 0.6 is 7.60 Å². The van der Waals surface area contributed by atoms with Crippen LogP contribution in [0.2, 0.25) is 0 Å². The SMILES string of the molecule is O=c1ccn(C2(O)OC[C@H](OCP(=O)(O)O)[C@H]2O)c(=O)[nH]1.[Na]. The number of H-pyrrole nitrogens is 1. The van der Waals surface area contributed by atoms with Crippen molar-refractivity contribution < 1.29 is 34.0 Å². The van der Waals surface area contributed by atoms with Gasteiger partial charge >= 0.3 is 13.3 Å². The van der Waals surface area contributed by atoms with Gasteiger partial charge in [-0.3, -0.25) is 14.3 Å². The molecule has 1 radical (unpaired) electrons. The van der Waals surface area contributed by atoms with Crippen molar-refractivity contribution in [1.82, 2.24) is 9.55 Å². The van der Waals surface area contributed by atoms with E-state index in [1.165, 1.54) is 0 Å². The predicted molar refractivity (Wildman–Crippen MR) is 71.0 cm³/mol. The normalized spacial score (nSPS) is 28.4. The number of aromatic amines is 1. The van der Waals surface area contributed by atoms with Crippen molar-refractivity contribution in [3.05, 3.63) is 33.1 Å². The van der Waals surface area contributed by atoms with Gasteiger partial charge in [-0.25, -0.2) is 9.36 Å². The molecule has 1 aliphatic rings. The summed E-state index contributed by atoms with van der Waals surface area (Å²) < 4.78 is 20.9. The topological polar surface area (TPSA) is 171 Å². The van der Waals surface area contributed by atoms with Crippen LogP contribution < -0.4 is 11.2 Å². The van der Waals surface area contributed by atoms with Crippen LogP contribution in [-0.2, 0) is 19.9 Å². The van der Waals surface area contributed by atoms with Crippen LogP contribution in [0, 0.1) is 0 Å². The van der Waals surface area contributed by atoms with Gasteiger partial charge in [0.05, 0.1) is 6.61 Å². The van der Waals surface area contributed by atoms with Crippen molar-refractivity contribution in [2.45, 2.75) is 18.1 Å². The third-order valence-corrected chi connectivity index (χ3v) is 3.31. The smallest absolute Gasteiger partial charge is 0.350 e. The Bertz CT molecular complexity index is 684. The largest absolute Gasteiger partial charge is 0.382 e. The second-order valence-electron chi connectivity index (χ2n) is 4.39. The van der Waals surface area contributed by atoms with E-state index in [-0.39, 0.29) is 29.6 Å². The molecule has 1 fully saturated rings. The zero-order valence-electron chi connectivity index (χ0n) is 11.4. The fourth-order valence-corrected chi connectivity index (χ4v) is 2.22. The summed E-state index contributed by atoms with van der Waals surface area (Å²) in [5, 5.41) is 20.1. The van der Waals surface area contributed by atoms with E-state index in [9.17, 15) is 24.4 Å². The van der Waals surface area contributed by atoms with Crippen LogP contribution in [0.1, 0.15) is 0 Å². The Balaban J connectivity index is 0.00000242. The number of nitrogens with one attached hydrogen (secondary N) is 1. The molecule has 2 rings (SSSR count). The summed E-state index contributed by atoms with van der Waals surface area (Å²) in [4.78, 5) is 41.8. The van der Waals surface area contributed by atoms with Crippen molar-refractivity contribution in [2.24, 2.45) is 0 Å². The summed E-state index contributed by atoms with van der Waals surface area (Å²) in [5.41, 5.74) is -1.73. The van der Waals surface area contributed by atoms with Crippen molar-refractivity contribution in [2.75, 3.05) is 13.0 Å². The molecule has 2 heterocycles. The first kappa shape index (κ1) is 19.7. The minimum Gasteiger partial charge on any atom is -0.382 e. The molecule has 0 aromatic carbocycles. The van der Waals surface area contributed by atoms with E-state index in [4.69, 9.17) is 19.3 Å². The second kappa shape index (κ2) is 7.05. The standard InChI is InChI=1S/C9H13N2O9P.Na/c12-6-1-2-11(8(14)10-6)9(15)7(13)5(3-20-9)19-4-21(16,17)18;/h1-2,5,7,13,15H,3-4H2,(H,10,12,14)(H2,16,17,18);/t5-,7+,9?;/m0./s1. The summed E-state index contributed by atoms with van der Waals surface area (Å²) in [6, 6.07) is 0.930. The van der Waals surface area contributed by atoms with E-state index in [1.807, 2.05) is 4.98 Å². The Morgan fingerprint density at radius 1 is 1.50 bits per heavy atom. The Hall–Kier alpha value is -0.330. The van der Waals surface area contributed by atoms with Crippen LogP contribution in [0.5, 0.6) is 0 Å². The average Bonchev–Trinajstić information content (AvgIpc) is 2.63. The molecule has 0 saturated carbocycles. The van der Waals surface area contributed by atoms with Gasteiger partial charge in [0.15, 0.2) is 6.10 Å². The number of aromatic nitrogens is 2. The van der Waals surface area contributed by atoms with E-state index in [1.54, 1.807) is 0 Å². The average molecular weight is 347 g/mol. The molecule has 1 aromatic rings. The predicted octanol–water partition coefficient (Wildman–Crippen LogP) is -3.33. The van der Waals surface area contributed by atoms with Crippen molar-refractivity contribution in [3.8, 4) is 0 Å². The first-order valence-electron chi connectivity index (χ1n) is 5.66. The molecular formula is C9H13N2NaO9P. The molecule has 13 heteroatoms. The van der Waals surface area contributed by atoms with Crippen LogP contribution in [0.15, 0.2) is 21.9 Å². The number of ether oxygens (including phenoxy) is 2. The molecule has 119 valence electrons. The van der Waals surface area contributed by atoms with Gasteiger partial charge in [0.25, 0.3) is 11.5 Å². The van der Waals surface area contributed by atoms with E-state index in [0.717, 1.165) is 12.3 Å². The number of rotatable bonds is 4. The summed E-state index contributed by atoms with van der Waals surface area (Å²) in [6.45, 7) is -0.413. The van der Waals surface area contributed by atoms with Crippen LogP contribution in [0.25, 0.3) is 0 Å². The summed E-state index contributed by atoms with van der Waals surface area (Å²) in [7, 11) is -4.46. The summed E-state index contributed by atoms with van der Waals surface area (Å²) in [6.07, 6.45) is -3.13. The van der Waals surface area contributed by atoms with Crippen molar-refractivity contribution in [1.29, 1.82) is 0 Å². The Morgan fingerprint density at radius 3 is 2.68 bits per heavy atom. The van der Waals surface area contributed by atoms with Gasteiger partial charge in [-0.15, -0.1) is 0 Å². The van der Waals surface area contributed by atoms with Gasteiger partial charge in [-0.05, 0) is 0 Å². The third-order valence-electron chi connectivity index (χ3n) is 2.82. The summed E-state index contributed by atoms with van der Waals surface area (Å²) in [5.74, 6) is -2.51. The van der Waals surface area contributed by atoms with Gasteiger partial charge in [0.1, 0.15) is 12.5 Å². The summed E-state index contributed by atoms with van der Waals surface area (Å²) >= 11 is 0. The maximum atomic E-state index is 11.6. The van der Waals surface area contributed by atoms with E-state index in [0.29, 0.717) is 4.57 Å². The van der Waals surface area contributed by atoms with E-state index in [2.05, 4.69) is 0 Å². The van der Waals surface area contributed by atoms with E-state index < -0.39 is 49.9 Å². The molecular weight excluding hydrogens is 334 g/mol. The van der Waals surface area contributed by atoms with Crippen LogP contribution in [0.3, 0.4) is 0 Å². The first-order chi connectivity index (χ1) is 9.63. The fraction of sp³-hybridized carbons (Fsp3) is 0.556. The van der Waals surface area contributed by atoms with Crippen LogP contribution in [0.4, 0.5) is 0 Å². The third kappa shape index (κ3) is 4.15. The fourth-order valence-electron chi connectivity index (χ4n) is 1.84. The molecule has 11 nitrogen and oxygen atoms in total. The van der Waals surface area contributed by atoms with Gasteiger partial charge < -0.3 is 29.5 Å². The second-order valence-corrected chi connectivity index (χ2v) is 5.98. The number of hydrogen-bond donors (Lipinski definition) is 5. The maximum Gasteiger partial charge on any atom is 0.350 e. The zero-order chi connectivity index (χ0) is 15.8. The molecule has 0 bridgehead atoms. The van der Waals surface area contributed by atoms with Gasteiger partial charge in [-0.2, -0.15) is 0 Å². The number of aliphatic hydroxyl groups excluding tert-OH is 1.